The van der Waals surface area contributed by atoms with E-state index in [1.54, 1.807) is 0 Å². The van der Waals surface area contributed by atoms with E-state index in [1.165, 1.54) is 0 Å². The van der Waals surface area contributed by atoms with Crippen LogP contribution in [0.2, 0.25) is 0 Å². The Labute approximate surface area is 204 Å². The fraction of sp³-hybridized carbons (Fsp3) is 0.333. The maximum atomic E-state index is 12.4. The van der Waals surface area contributed by atoms with Crippen LogP contribution in [0.5, 0.6) is 5.75 Å². The summed E-state index contributed by atoms with van der Waals surface area (Å²) in [7, 11) is 0. The van der Waals surface area contributed by atoms with Gasteiger partial charge >= 0.3 is 5.97 Å². The Hall–Kier alpha value is -3.62. The molecule has 0 spiro atoms. The minimum Gasteiger partial charge on any atom is -0.489 e. The lowest BCUT2D eigenvalue weighted by atomic mass is 10.0. The molecule has 2 aromatic heterocycles. The fourth-order valence-corrected chi connectivity index (χ4v) is 4.80. The number of fused-ring (bicyclic) bond motifs is 1. The van der Waals surface area contributed by atoms with Crippen molar-refractivity contribution >= 4 is 16.9 Å². The second-order valence-electron chi connectivity index (χ2n) is 9.08. The number of hydrogen-bond donors (Lipinski definition) is 2. The number of rotatable bonds is 8. The number of carboxylic acid groups (broad SMARTS) is 1. The lowest BCUT2D eigenvalue weighted by molar-refractivity contribution is -0.144. The number of ether oxygens (including phenoxy) is 1. The Morgan fingerprint density at radius 1 is 1.14 bits per heavy atom. The van der Waals surface area contributed by atoms with E-state index in [4.69, 9.17) is 9.26 Å². The van der Waals surface area contributed by atoms with Gasteiger partial charge < -0.3 is 19.4 Å². The lowest BCUT2D eigenvalue weighted by Crippen LogP contribution is -2.48. The summed E-state index contributed by atoms with van der Waals surface area (Å²) in [5, 5.41) is 15.1. The van der Waals surface area contributed by atoms with Crippen molar-refractivity contribution in [3.05, 3.63) is 82.9 Å². The van der Waals surface area contributed by atoms with Crippen molar-refractivity contribution in [1.29, 1.82) is 0 Å². The number of aromatic nitrogens is 2. The molecular weight excluding hydrogens is 444 g/mol. The topological polar surface area (TPSA) is 94.8 Å². The van der Waals surface area contributed by atoms with E-state index in [2.05, 4.69) is 19.9 Å². The maximum Gasteiger partial charge on any atom is 0.325 e. The molecule has 0 aliphatic carbocycles. The van der Waals surface area contributed by atoms with Crippen LogP contribution in [-0.4, -0.2) is 57.2 Å². The number of carboxylic acids is 1. The number of benzene rings is 2. The Balaban J connectivity index is 1.28. The number of nitrogens with one attached hydrogen (secondary N) is 1. The summed E-state index contributed by atoms with van der Waals surface area (Å²) in [4.78, 5) is 20.0. The molecule has 1 saturated heterocycles. The van der Waals surface area contributed by atoms with Crippen molar-refractivity contribution in [2.24, 2.45) is 0 Å². The molecule has 4 aromatic rings. The molecule has 1 fully saturated rings. The maximum absolute atomic E-state index is 12.4. The van der Waals surface area contributed by atoms with Crippen molar-refractivity contribution < 1.29 is 19.2 Å². The van der Waals surface area contributed by atoms with E-state index in [9.17, 15) is 9.90 Å². The van der Waals surface area contributed by atoms with Gasteiger partial charge in [0.25, 0.3) is 0 Å². The van der Waals surface area contributed by atoms with E-state index < -0.39 is 12.0 Å². The van der Waals surface area contributed by atoms with Crippen LogP contribution in [0.3, 0.4) is 0 Å². The molecule has 182 valence electrons. The number of carbonyl (C=O) groups is 1. The first kappa shape index (κ1) is 23.1. The molecule has 1 aliphatic heterocycles. The molecule has 5 rings (SSSR count). The van der Waals surface area contributed by atoms with Crippen LogP contribution in [0.25, 0.3) is 10.9 Å². The summed E-state index contributed by atoms with van der Waals surface area (Å²) in [6.07, 6.45) is 1.82. The summed E-state index contributed by atoms with van der Waals surface area (Å²) in [6.45, 7) is 8.05. The number of nitrogens with zero attached hydrogens (tertiary/aromatic N) is 3. The third-order valence-electron chi connectivity index (χ3n) is 6.80. The third kappa shape index (κ3) is 4.94. The van der Waals surface area contributed by atoms with E-state index >= 15 is 0 Å². The van der Waals surface area contributed by atoms with Crippen LogP contribution in [0.1, 0.15) is 34.2 Å². The van der Waals surface area contributed by atoms with Gasteiger partial charge in [0, 0.05) is 67.0 Å². The van der Waals surface area contributed by atoms with E-state index in [0.29, 0.717) is 19.7 Å². The molecule has 8 heteroatoms. The van der Waals surface area contributed by atoms with Gasteiger partial charge in [-0.3, -0.25) is 14.6 Å². The second-order valence-corrected chi connectivity index (χ2v) is 9.08. The van der Waals surface area contributed by atoms with Gasteiger partial charge in [-0.2, -0.15) is 0 Å². The van der Waals surface area contributed by atoms with Gasteiger partial charge in [-0.1, -0.05) is 35.5 Å². The predicted octanol–water partition coefficient (Wildman–Crippen LogP) is 4.30. The first-order valence-corrected chi connectivity index (χ1v) is 11.9. The van der Waals surface area contributed by atoms with Gasteiger partial charge in [-0.15, -0.1) is 0 Å². The first-order chi connectivity index (χ1) is 17.0. The SMILES string of the molecule is Cc1noc(C)c1CN1CCN([C@H](C(=O)O)c2c[nH]c3cc(OCc4ccccc4)ccc23)CC1. The zero-order chi connectivity index (χ0) is 24.4. The molecular formula is C27H30N4O4. The van der Waals surface area contributed by atoms with Gasteiger partial charge in [-0.05, 0) is 31.5 Å². The van der Waals surface area contributed by atoms with Crippen LogP contribution in [0, 0.1) is 13.8 Å². The van der Waals surface area contributed by atoms with Crippen molar-refractivity contribution in [3.8, 4) is 5.75 Å². The van der Waals surface area contributed by atoms with Gasteiger partial charge in [0.1, 0.15) is 24.2 Å². The zero-order valence-electron chi connectivity index (χ0n) is 20.0. The molecule has 0 radical (unpaired) electrons. The molecule has 0 amide bonds. The highest BCUT2D eigenvalue weighted by Gasteiger charge is 2.32. The molecule has 35 heavy (non-hydrogen) atoms. The van der Waals surface area contributed by atoms with Gasteiger partial charge in [-0.25, -0.2) is 0 Å². The largest absolute Gasteiger partial charge is 0.489 e. The van der Waals surface area contributed by atoms with E-state index in [1.807, 2.05) is 68.6 Å². The highest BCUT2D eigenvalue weighted by molar-refractivity contribution is 5.90. The molecule has 0 saturated carbocycles. The number of hydrogen-bond acceptors (Lipinski definition) is 6. The molecule has 0 unspecified atom stereocenters. The van der Waals surface area contributed by atoms with Crippen LogP contribution < -0.4 is 4.74 Å². The van der Waals surface area contributed by atoms with Crippen molar-refractivity contribution in [3.63, 3.8) is 0 Å². The normalized spacial score (nSPS) is 15.9. The number of aliphatic carboxylic acids is 1. The molecule has 1 aliphatic rings. The average Bonchev–Trinajstić information content (AvgIpc) is 3.42. The second kappa shape index (κ2) is 9.93. The Bertz CT molecular complexity index is 1290. The monoisotopic (exact) mass is 474 g/mol. The number of piperazine rings is 1. The molecule has 2 N–H and O–H groups in total. The van der Waals surface area contributed by atoms with Crippen LogP contribution in [0.15, 0.2) is 59.3 Å². The predicted molar refractivity (Wildman–Crippen MR) is 132 cm³/mol. The number of aromatic amines is 1. The third-order valence-corrected chi connectivity index (χ3v) is 6.80. The minimum atomic E-state index is -0.838. The van der Waals surface area contributed by atoms with Gasteiger partial charge in [0.05, 0.1) is 5.69 Å². The van der Waals surface area contributed by atoms with E-state index in [0.717, 1.165) is 64.4 Å². The lowest BCUT2D eigenvalue weighted by Gasteiger charge is -2.37. The summed E-state index contributed by atoms with van der Waals surface area (Å²) >= 11 is 0. The smallest absolute Gasteiger partial charge is 0.325 e. The first-order valence-electron chi connectivity index (χ1n) is 11.9. The summed E-state index contributed by atoms with van der Waals surface area (Å²) < 4.78 is 11.2. The molecule has 3 heterocycles. The fourth-order valence-electron chi connectivity index (χ4n) is 4.80. The molecule has 8 nitrogen and oxygen atoms in total. The molecule has 1 atom stereocenters. The summed E-state index contributed by atoms with van der Waals surface area (Å²) in [6, 6.07) is 15.1. The summed E-state index contributed by atoms with van der Waals surface area (Å²) in [5.41, 5.74) is 4.78. The summed E-state index contributed by atoms with van der Waals surface area (Å²) in [5.74, 6) is 0.753. The minimum absolute atomic E-state index is 0.482. The molecule has 0 bridgehead atoms. The van der Waals surface area contributed by atoms with Crippen molar-refractivity contribution in [2.75, 3.05) is 26.2 Å². The van der Waals surface area contributed by atoms with Crippen LogP contribution in [-0.2, 0) is 17.9 Å². The number of aryl methyl sites for hydroxylation is 2. The standard InChI is InChI=1S/C27H30N4O4/c1-18-24(19(2)35-29-18)16-30-10-12-31(13-11-30)26(27(32)33)23-15-28-25-14-21(8-9-22(23)25)34-17-20-6-4-3-5-7-20/h3-9,14-15,26,28H,10-13,16-17H2,1-2H3,(H,32,33)/t26-/m0/s1. The Morgan fingerprint density at radius 2 is 1.91 bits per heavy atom. The Kier molecular flexibility index (Phi) is 6.57. The quantitative estimate of drug-likeness (QED) is 0.393. The van der Waals surface area contributed by atoms with Crippen LogP contribution in [0.4, 0.5) is 0 Å². The Morgan fingerprint density at radius 3 is 2.60 bits per heavy atom. The van der Waals surface area contributed by atoms with E-state index in [-0.39, 0.29) is 0 Å². The van der Waals surface area contributed by atoms with Gasteiger partial charge in [0.2, 0.25) is 0 Å². The van der Waals surface area contributed by atoms with Gasteiger partial charge in [0.15, 0.2) is 0 Å². The zero-order valence-corrected chi connectivity index (χ0v) is 20.0. The highest BCUT2D eigenvalue weighted by Crippen LogP contribution is 2.32. The number of H-pyrrole nitrogens is 1. The molecule has 2 aromatic carbocycles. The van der Waals surface area contributed by atoms with Crippen molar-refractivity contribution in [1.82, 2.24) is 19.9 Å². The van der Waals surface area contributed by atoms with Crippen molar-refractivity contribution in [2.45, 2.75) is 33.0 Å². The average molecular weight is 475 g/mol. The highest BCUT2D eigenvalue weighted by atomic mass is 16.5. The van der Waals surface area contributed by atoms with Crippen LogP contribution >= 0.6 is 0 Å².